The lowest BCUT2D eigenvalue weighted by Crippen LogP contribution is -2.17. The Bertz CT molecular complexity index is 609. The zero-order valence-corrected chi connectivity index (χ0v) is 10.6. The molecular formula is C14H11ClN2O2. The van der Waals surface area contributed by atoms with E-state index in [1.54, 1.807) is 48.5 Å². The van der Waals surface area contributed by atoms with E-state index in [1.807, 2.05) is 0 Å². The van der Waals surface area contributed by atoms with Crippen LogP contribution in [-0.4, -0.2) is 17.2 Å². The molecule has 2 N–H and O–H groups in total. The third kappa shape index (κ3) is 3.82. The zero-order valence-electron chi connectivity index (χ0n) is 9.88. The molecule has 0 aliphatic heterocycles. The van der Waals surface area contributed by atoms with Gasteiger partial charge in [-0.25, -0.2) is 5.43 Å². The van der Waals surface area contributed by atoms with Gasteiger partial charge in [0.2, 0.25) is 0 Å². The summed E-state index contributed by atoms with van der Waals surface area (Å²) in [6.45, 7) is 0. The van der Waals surface area contributed by atoms with Gasteiger partial charge in [0.1, 0.15) is 5.75 Å². The number of phenols is 1. The van der Waals surface area contributed by atoms with Crippen molar-refractivity contribution in [3.05, 3.63) is 64.7 Å². The molecule has 0 saturated heterocycles. The first-order valence-electron chi connectivity index (χ1n) is 5.53. The monoisotopic (exact) mass is 274 g/mol. The summed E-state index contributed by atoms with van der Waals surface area (Å²) in [5, 5.41) is 13.4. The fourth-order valence-corrected chi connectivity index (χ4v) is 1.61. The number of rotatable bonds is 3. The molecule has 2 aromatic carbocycles. The number of carbonyl (C=O) groups is 1. The summed E-state index contributed by atoms with van der Waals surface area (Å²) in [5.74, 6) is -0.155. The molecule has 96 valence electrons. The van der Waals surface area contributed by atoms with Crippen LogP contribution in [0, 0.1) is 0 Å². The lowest BCUT2D eigenvalue weighted by atomic mass is 10.2. The number of hydrazone groups is 1. The highest BCUT2D eigenvalue weighted by atomic mass is 35.5. The van der Waals surface area contributed by atoms with E-state index in [2.05, 4.69) is 10.5 Å². The van der Waals surface area contributed by atoms with Crippen molar-refractivity contribution in [1.29, 1.82) is 0 Å². The SMILES string of the molecule is O=C(N/N=C\c1ccc(O)cc1)c1cccc(Cl)c1. The predicted molar refractivity (Wildman–Crippen MR) is 74.6 cm³/mol. The largest absolute Gasteiger partial charge is 0.508 e. The number of amides is 1. The van der Waals surface area contributed by atoms with E-state index < -0.39 is 0 Å². The fourth-order valence-electron chi connectivity index (χ4n) is 1.42. The Balaban J connectivity index is 1.98. The van der Waals surface area contributed by atoms with Crippen molar-refractivity contribution in [1.82, 2.24) is 5.43 Å². The second-order valence-corrected chi connectivity index (χ2v) is 4.24. The lowest BCUT2D eigenvalue weighted by Gasteiger charge is -2.00. The predicted octanol–water partition coefficient (Wildman–Crippen LogP) is 2.81. The first kappa shape index (κ1) is 13.1. The summed E-state index contributed by atoms with van der Waals surface area (Å²) in [7, 11) is 0. The topological polar surface area (TPSA) is 61.7 Å². The van der Waals surface area contributed by atoms with Crippen molar-refractivity contribution in [2.75, 3.05) is 0 Å². The van der Waals surface area contributed by atoms with Gasteiger partial charge in [0.05, 0.1) is 6.21 Å². The van der Waals surface area contributed by atoms with E-state index in [9.17, 15) is 4.79 Å². The maximum atomic E-state index is 11.7. The number of aromatic hydroxyl groups is 1. The summed E-state index contributed by atoms with van der Waals surface area (Å²) >= 11 is 5.79. The van der Waals surface area contributed by atoms with Crippen LogP contribution in [0.5, 0.6) is 5.75 Å². The number of carbonyl (C=O) groups excluding carboxylic acids is 1. The summed E-state index contributed by atoms with van der Waals surface area (Å²) in [6.07, 6.45) is 1.49. The molecule has 0 aliphatic rings. The summed E-state index contributed by atoms with van der Waals surface area (Å²) in [5.41, 5.74) is 3.61. The Kier molecular flexibility index (Phi) is 4.15. The molecule has 0 fully saturated rings. The number of phenolic OH excluding ortho intramolecular Hbond substituents is 1. The van der Waals surface area contributed by atoms with Gasteiger partial charge in [-0.05, 0) is 48.0 Å². The molecule has 2 rings (SSSR count). The lowest BCUT2D eigenvalue weighted by molar-refractivity contribution is 0.0955. The van der Waals surface area contributed by atoms with Crippen LogP contribution in [0.3, 0.4) is 0 Å². The van der Waals surface area contributed by atoms with Gasteiger partial charge in [0, 0.05) is 10.6 Å². The van der Waals surface area contributed by atoms with Gasteiger partial charge in [0.25, 0.3) is 5.91 Å². The Hall–Kier alpha value is -2.33. The van der Waals surface area contributed by atoms with Crippen molar-refractivity contribution in [2.24, 2.45) is 5.10 Å². The van der Waals surface area contributed by atoms with Crippen molar-refractivity contribution >= 4 is 23.7 Å². The highest BCUT2D eigenvalue weighted by molar-refractivity contribution is 6.30. The first-order valence-corrected chi connectivity index (χ1v) is 5.91. The van der Waals surface area contributed by atoms with Gasteiger partial charge in [-0.15, -0.1) is 0 Å². The molecule has 0 saturated carbocycles. The number of halogens is 1. The molecule has 0 radical (unpaired) electrons. The molecule has 0 unspecified atom stereocenters. The van der Waals surface area contributed by atoms with E-state index in [0.717, 1.165) is 5.56 Å². The van der Waals surface area contributed by atoms with Crippen LogP contribution in [-0.2, 0) is 0 Å². The van der Waals surface area contributed by atoms with Gasteiger partial charge < -0.3 is 5.11 Å². The molecule has 0 atom stereocenters. The van der Waals surface area contributed by atoms with Gasteiger partial charge in [0.15, 0.2) is 0 Å². The Morgan fingerprint density at radius 1 is 1.21 bits per heavy atom. The minimum absolute atomic E-state index is 0.181. The molecule has 0 bridgehead atoms. The van der Waals surface area contributed by atoms with Gasteiger partial charge in [-0.1, -0.05) is 17.7 Å². The highest BCUT2D eigenvalue weighted by Crippen LogP contribution is 2.10. The number of hydrogen-bond donors (Lipinski definition) is 2. The third-order valence-corrected chi connectivity index (χ3v) is 2.59. The Morgan fingerprint density at radius 2 is 1.95 bits per heavy atom. The Labute approximate surface area is 115 Å². The van der Waals surface area contributed by atoms with E-state index >= 15 is 0 Å². The molecule has 2 aromatic rings. The molecule has 0 heterocycles. The first-order chi connectivity index (χ1) is 9.15. The maximum Gasteiger partial charge on any atom is 0.271 e. The fraction of sp³-hybridized carbons (Fsp3) is 0. The number of benzene rings is 2. The molecule has 4 nitrogen and oxygen atoms in total. The zero-order chi connectivity index (χ0) is 13.7. The average molecular weight is 275 g/mol. The van der Waals surface area contributed by atoms with Gasteiger partial charge >= 0.3 is 0 Å². The van der Waals surface area contributed by atoms with Crippen LogP contribution in [0.1, 0.15) is 15.9 Å². The van der Waals surface area contributed by atoms with Crippen LogP contribution >= 0.6 is 11.6 Å². The molecule has 5 heteroatoms. The van der Waals surface area contributed by atoms with Crippen molar-refractivity contribution in [3.8, 4) is 5.75 Å². The van der Waals surface area contributed by atoms with Crippen molar-refractivity contribution in [3.63, 3.8) is 0 Å². The molecule has 0 aromatic heterocycles. The number of nitrogens with one attached hydrogen (secondary N) is 1. The standard InChI is InChI=1S/C14H11ClN2O2/c15-12-3-1-2-11(8-12)14(19)17-16-9-10-4-6-13(18)7-5-10/h1-9,18H,(H,17,19)/b16-9-. The molecular weight excluding hydrogens is 264 g/mol. The van der Waals surface area contributed by atoms with Crippen LogP contribution in [0.4, 0.5) is 0 Å². The van der Waals surface area contributed by atoms with Crippen LogP contribution in [0.15, 0.2) is 53.6 Å². The quantitative estimate of drug-likeness (QED) is 0.668. The normalized spacial score (nSPS) is 10.6. The second-order valence-electron chi connectivity index (χ2n) is 3.80. The molecule has 1 amide bonds. The van der Waals surface area contributed by atoms with Crippen LogP contribution in [0.25, 0.3) is 0 Å². The van der Waals surface area contributed by atoms with E-state index in [-0.39, 0.29) is 11.7 Å². The van der Waals surface area contributed by atoms with Gasteiger partial charge in [-0.3, -0.25) is 4.79 Å². The van der Waals surface area contributed by atoms with Crippen molar-refractivity contribution < 1.29 is 9.90 Å². The van der Waals surface area contributed by atoms with Gasteiger partial charge in [-0.2, -0.15) is 5.10 Å². The van der Waals surface area contributed by atoms with E-state index in [4.69, 9.17) is 16.7 Å². The molecule has 0 spiro atoms. The Morgan fingerprint density at radius 3 is 2.63 bits per heavy atom. The molecule has 19 heavy (non-hydrogen) atoms. The van der Waals surface area contributed by atoms with Crippen LogP contribution < -0.4 is 5.43 Å². The third-order valence-electron chi connectivity index (χ3n) is 2.36. The highest BCUT2D eigenvalue weighted by Gasteiger charge is 2.03. The van der Waals surface area contributed by atoms with E-state index in [1.165, 1.54) is 6.21 Å². The van der Waals surface area contributed by atoms with Crippen molar-refractivity contribution in [2.45, 2.75) is 0 Å². The average Bonchev–Trinajstić information content (AvgIpc) is 2.41. The minimum Gasteiger partial charge on any atom is -0.508 e. The maximum absolute atomic E-state index is 11.7. The number of hydrogen-bond acceptors (Lipinski definition) is 3. The second kappa shape index (κ2) is 6.02. The van der Waals surface area contributed by atoms with E-state index in [0.29, 0.717) is 10.6 Å². The minimum atomic E-state index is -0.336. The molecule has 0 aliphatic carbocycles. The summed E-state index contributed by atoms with van der Waals surface area (Å²) in [6, 6.07) is 13.1. The van der Waals surface area contributed by atoms with Crippen LogP contribution in [0.2, 0.25) is 5.02 Å². The smallest absolute Gasteiger partial charge is 0.271 e. The summed E-state index contributed by atoms with van der Waals surface area (Å²) in [4.78, 5) is 11.7. The number of nitrogens with zero attached hydrogens (tertiary/aromatic N) is 1. The summed E-state index contributed by atoms with van der Waals surface area (Å²) < 4.78 is 0.